The van der Waals surface area contributed by atoms with E-state index in [0.717, 1.165) is 11.1 Å². The molecule has 1 unspecified atom stereocenters. The molecule has 1 heterocycles. The average Bonchev–Trinajstić information content (AvgIpc) is 2.65. The Kier molecular flexibility index (Phi) is 6.45. The van der Waals surface area contributed by atoms with Gasteiger partial charge in [0, 0.05) is 19.6 Å². The summed E-state index contributed by atoms with van der Waals surface area (Å²) in [4.78, 5) is 0.344. The summed E-state index contributed by atoms with van der Waals surface area (Å²) in [6.45, 7) is 5.75. The van der Waals surface area contributed by atoms with E-state index in [9.17, 15) is 16.8 Å². The topological polar surface area (TPSA) is 84.0 Å². The van der Waals surface area contributed by atoms with Crippen molar-refractivity contribution in [1.29, 1.82) is 0 Å². The lowest BCUT2D eigenvalue weighted by Crippen LogP contribution is -2.49. The van der Waals surface area contributed by atoms with Gasteiger partial charge in [-0.2, -0.15) is 8.61 Å². The van der Waals surface area contributed by atoms with Crippen LogP contribution in [-0.4, -0.2) is 57.9 Å². The van der Waals surface area contributed by atoms with Crippen LogP contribution in [-0.2, 0) is 24.8 Å². The van der Waals surface area contributed by atoms with Gasteiger partial charge in [0.1, 0.15) is 6.23 Å². The number of nitrogens with zero attached hydrogens (tertiary/aromatic N) is 2. The van der Waals surface area contributed by atoms with Crippen molar-refractivity contribution in [2.45, 2.75) is 36.8 Å². The number of hydrogen-bond acceptors (Lipinski definition) is 5. The van der Waals surface area contributed by atoms with Crippen LogP contribution in [0.4, 0.5) is 0 Å². The van der Waals surface area contributed by atoms with E-state index in [1.54, 1.807) is 55.5 Å². The van der Waals surface area contributed by atoms with E-state index in [1.165, 1.54) is 8.61 Å². The molecule has 2 aromatic rings. The minimum absolute atomic E-state index is 0.00245. The Labute approximate surface area is 173 Å². The van der Waals surface area contributed by atoms with Gasteiger partial charge in [0.15, 0.2) is 0 Å². The number of ether oxygens (including phenoxy) is 1. The number of hydrogen-bond donors (Lipinski definition) is 0. The lowest BCUT2D eigenvalue weighted by atomic mass is 10.2. The van der Waals surface area contributed by atoms with Crippen LogP contribution in [0.2, 0.25) is 0 Å². The molecule has 0 aliphatic carbocycles. The van der Waals surface area contributed by atoms with Crippen molar-refractivity contribution in [3.8, 4) is 0 Å². The van der Waals surface area contributed by atoms with E-state index < -0.39 is 26.3 Å². The summed E-state index contributed by atoms with van der Waals surface area (Å²) in [5.41, 5.74) is 1.92. The summed E-state index contributed by atoms with van der Waals surface area (Å²) in [6, 6.07) is 13.2. The monoisotopic (exact) mass is 438 g/mol. The van der Waals surface area contributed by atoms with E-state index in [-0.39, 0.29) is 36.0 Å². The van der Waals surface area contributed by atoms with Crippen LogP contribution in [0.25, 0.3) is 0 Å². The number of aryl methyl sites for hydroxylation is 2. The van der Waals surface area contributed by atoms with Gasteiger partial charge in [0.25, 0.3) is 0 Å². The summed E-state index contributed by atoms with van der Waals surface area (Å²) in [5, 5.41) is 0. The van der Waals surface area contributed by atoms with Gasteiger partial charge in [-0.05, 0) is 45.0 Å². The second kappa shape index (κ2) is 8.53. The highest BCUT2D eigenvalue weighted by atomic mass is 32.2. The Balaban J connectivity index is 1.86. The molecule has 2 aromatic carbocycles. The lowest BCUT2D eigenvalue weighted by Gasteiger charge is -2.34. The molecule has 0 amide bonds. The summed E-state index contributed by atoms with van der Waals surface area (Å²) >= 11 is 0. The van der Waals surface area contributed by atoms with Crippen molar-refractivity contribution >= 4 is 20.0 Å². The van der Waals surface area contributed by atoms with Crippen molar-refractivity contribution < 1.29 is 21.6 Å². The number of sulfonamides is 2. The molecule has 9 heteroatoms. The van der Waals surface area contributed by atoms with Crippen LogP contribution >= 0.6 is 0 Å². The van der Waals surface area contributed by atoms with Crippen LogP contribution in [0.1, 0.15) is 18.1 Å². The standard InChI is InChI=1S/C20H26N2O5S2/c1-16-4-8-19(9-5-16)28(23,24)21-12-13-22(18(3)27-15-14-21)29(25,26)20-10-6-17(2)7-11-20/h4-11,18H,12-15H2,1-3H3. The van der Waals surface area contributed by atoms with Gasteiger partial charge in [0.2, 0.25) is 20.0 Å². The summed E-state index contributed by atoms with van der Waals surface area (Å²) in [5.74, 6) is 0. The molecule has 0 N–H and O–H groups in total. The van der Waals surface area contributed by atoms with E-state index in [4.69, 9.17) is 4.74 Å². The molecule has 1 aliphatic rings. The highest BCUT2D eigenvalue weighted by Crippen LogP contribution is 2.23. The molecule has 0 aromatic heterocycles. The highest BCUT2D eigenvalue weighted by molar-refractivity contribution is 7.89. The Morgan fingerprint density at radius 2 is 1.24 bits per heavy atom. The van der Waals surface area contributed by atoms with Crippen LogP contribution < -0.4 is 0 Å². The largest absolute Gasteiger partial charge is 0.361 e. The molecule has 1 aliphatic heterocycles. The quantitative estimate of drug-likeness (QED) is 0.732. The van der Waals surface area contributed by atoms with Gasteiger partial charge in [-0.1, -0.05) is 35.4 Å². The molecule has 1 saturated heterocycles. The third kappa shape index (κ3) is 4.70. The van der Waals surface area contributed by atoms with Crippen LogP contribution in [0, 0.1) is 13.8 Å². The van der Waals surface area contributed by atoms with E-state index in [1.807, 2.05) is 13.8 Å². The summed E-state index contributed by atoms with van der Waals surface area (Å²) < 4.78 is 60.4. The zero-order valence-corrected chi connectivity index (χ0v) is 18.4. The lowest BCUT2D eigenvalue weighted by molar-refractivity contribution is -0.0228. The van der Waals surface area contributed by atoms with Gasteiger partial charge < -0.3 is 4.74 Å². The predicted octanol–water partition coefficient (Wildman–Crippen LogP) is 2.36. The first-order chi connectivity index (χ1) is 13.6. The number of benzene rings is 2. The normalized spacial score (nSPS) is 20.2. The fourth-order valence-corrected chi connectivity index (χ4v) is 6.11. The average molecular weight is 439 g/mol. The van der Waals surface area contributed by atoms with Gasteiger partial charge >= 0.3 is 0 Å². The Morgan fingerprint density at radius 1 is 0.759 bits per heavy atom. The SMILES string of the molecule is Cc1ccc(S(=O)(=O)N2CCOC(C)N(S(=O)(=O)c3ccc(C)cc3)CC2)cc1. The second-order valence-electron chi connectivity index (χ2n) is 7.12. The highest BCUT2D eigenvalue weighted by Gasteiger charge is 2.34. The maximum absolute atomic E-state index is 13.1. The molecular formula is C20H26N2O5S2. The second-order valence-corrected chi connectivity index (χ2v) is 10.9. The molecule has 1 atom stereocenters. The molecule has 0 bridgehead atoms. The fraction of sp³-hybridized carbons (Fsp3) is 0.400. The zero-order valence-electron chi connectivity index (χ0n) is 16.8. The molecule has 158 valence electrons. The molecule has 0 saturated carbocycles. The molecule has 29 heavy (non-hydrogen) atoms. The van der Waals surface area contributed by atoms with Crippen molar-refractivity contribution in [3.63, 3.8) is 0 Å². The fourth-order valence-electron chi connectivity index (χ4n) is 3.17. The smallest absolute Gasteiger partial charge is 0.245 e. The Morgan fingerprint density at radius 3 is 1.76 bits per heavy atom. The van der Waals surface area contributed by atoms with Gasteiger partial charge in [0.05, 0.1) is 16.4 Å². The number of rotatable bonds is 4. The van der Waals surface area contributed by atoms with Gasteiger partial charge in [-0.3, -0.25) is 0 Å². The Hall–Kier alpha value is -1.78. The van der Waals surface area contributed by atoms with E-state index >= 15 is 0 Å². The minimum atomic E-state index is -3.82. The van der Waals surface area contributed by atoms with Gasteiger partial charge in [-0.15, -0.1) is 0 Å². The van der Waals surface area contributed by atoms with Crippen molar-refractivity contribution in [1.82, 2.24) is 8.61 Å². The molecule has 3 rings (SSSR count). The van der Waals surface area contributed by atoms with Crippen molar-refractivity contribution in [2.75, 3.05) is 26.2 Å². The van der Waals surface area contributed by atoms with Crippen molar-refractivity contribution in [3.05, 3.63) is 59.7 Å². The first-order valence-electron chi connectivity index (χ1n) is 9.39. The minimum Gasteiger partial charge on any atom is -0.361 e. The molecule has 0 spiro atoms. The molecule has 0 radical (unpaired) electrons. The van der Waals surface area contributed by atoms with Crippen molar-refractivity contribution in [2.24, 2.45) is 0 Å². The maximum atomic E-state index is 13.1. The van der Waals surface area contributed by atoms with Gasteiger partial charge in [-0.25, -0.2) is 16.8 Å². The van der Waals surface area contributed by atoms with Crippen LogP contribution in [0.3, 0.4) is 0 Å². The van der Waals surface area contributed by atoms with E-state index in [0.29, 0.717) is 0 Å². The summed E-state index contributed by atoms with van der Waals surface area (Å²) in [6.07, 6.45) is -0.689. The van der Waals surface area contributed by atoms with Crippen LogP contribution in [0.5, 0.6) is 0 Å². The first-order valence-corrected chi connectivity index (χ1v) is 12.3. The predicted molar refractivity (Wildman–Crippen MR) is 110 cm³/mol. The third-order valence-corrected chi connectivity index (χ3v) is 8.84. The van der Waals surface area contributed by atoms with Crippen LogP contribution in [0.15, 0.2) is 58.3 Å². The van der Waals surface area contributed by atoms with E-state index in [2.05, 4.69) is 0 Å². The molecular weight excluding hydrogens is 412 g/mol. The molecule has 7 nitrogen and oxygen atoms in total. The summed E-state index contributed by atoms with van der Waals surface area (Å²) in [7, 11) is -7.56. The Bertz CT molecular complexity index is 1050. The zero-order chi connectivity index (χ0) is 21.2. The molecule has 1 fully saturated rings. The first kappa shape index (κ1) is 21.9. The maximum Gasteiger partial charge on any atom is 0.245 e. The third-order valence-electron chi connectivity index (χ3n) is 4.96.